The lowest BCUT2D eigenvalue weighted by molar-refractivity contribution is -0.384. The van der Waals surface area contributed by atoms with E-state index in [9.17, 15) is 24.5 Å². The molecule has 0 aliphatic carbocycles. The average Bonchev–Trinajstić information content (AvgIpc) is 2.79. The first-order valence-electron chi connectivity index (χ1n) is 10.8. The van der Waals surface area contributed by atoms with Crippen LogP contribution in [-0.2, 0) is 28.6 Å². The molecule has 10 nitrogen and oxygen atoms in total. The van der Waals surface area contributed by atoms with Gasteiger partial charge in [0.2, 0.25) is 0 Å². The minimum Gasteiger partial charge on any atom is -0.465 e. The summed E-state index contributed by atoms with van der Waals surface area (Å²) in [5, 5.41) is 14.5. The van der Waals surface area contributed by atoms with Crippen molar-refractivity contribution in [2.45, 2.75) is 33.6 Å². The highest BCUT2D eigenvalue weighted by Gasteiger charge is 2.39. The molecule has 34 heavy (non-hydrogen) atoms. The number of hydrogen-bond acceptors (Lipinski definition) is 10. The van der Waals surface area contributed by atoms with Crippen molar-refractivity contribution in [3.05, 3.63) is 62.5 Å². The predicted octanol–water partition coefficient (Wildman–Crippen LogP) is 3.23. The number of non-ortho nitro benzene ring substituents is 1. The zero-order chi connectivity index (χ0) is 25.3. The lowest BCUT2D eigenvalue weighted by Crippen LogP contribution is -2.34. The highest BCUT2D eigenvalue weighted by atomic mass is 32.2. The molecule has 1 unspecified atom stereocenters. The molecule has 0 fully saturated rings. The standard InChI is InChI=1S/C23H28N2O8S/c1-5-31-18(26)13-34-12-17-21(23(28)33-7-3)20(15-9-8-10-16(11-15)25(29)30)19(14(4)24-17)22(27)32-6-2/h8-11,20,24H,5-7,12-13H2,1-4H3. The number of nitrogens with zero attached hydrogens (tertiary/aromatic N) is 1. The molecule has 0 spiro atoms. The Balaban J connectivity index is 2.62. The third kappa shape index (κ3) is 6.60. The molecule has 0 bridgehead atoms. The van der Waals surface area contributed by atoms with E-state index < -0.39 is 28.7 Å². The Morgan fingerprint density at radius 2 is 1.65 bits per heavy atom. The number of esters is 3. The lowest BCUT2D eigenvalue weighted by Gasteiger charge is -2.31. The number of nitrogens with one attached hydrogen (secondary N) is 1. The molecule has 1 aliphatic rings. The molecule has 1 aromatic carbocycles. The average molecular weight is 493 g/mol. The summed E-state index contributed by atoms with van der Waals surface area (Å²) in [6.45, 7) is 7.14. The van der Waals surface area contributed by atoms with Gasteiger partial charge in [-0.25, -0.2) is 9.59 Å². The van der Waals surface area contributed by atoms with Crippen LogP contribution in [0.2, 0.25) is 0 Å². The van der Waals surface area contributed by atoms with Crippen LogP contribution in [0, 0.1) is 10.1 Å². The summed E-state index contributed by atoms with van der Waals surface area (Å²) < 4.78 is 15.5. The summed E-state index contributed by atoms with van der Waals surface area (Å²) in [5.74, 6) is -2.40. The quantitative estimate of drug-likeness (QED) is 0.212. The highest BCUT2D eigenvalue weighted by molar-refractivity contribution is 8.00. The summed E-state index contributed by atoms with van der Waals surface area (Å²) in [7, 11) is 0. The van der Waals surface area contributed by atoms with E-state index in [0.717, 1.165) is 0 Å². The Bertz CT molecular complexity index is 1020. The molecule has 0 amide bonds. The van der Waals surface area contributed by atoms with Crippen molar-refractivity contribution in [1.29, 1.82) is 0 Å². The van der Waals surface area contributed by atoms with Crippen molar-refractivity contribution in [2.24, 2.45) is 0 Å². The van der Waals surface area contributed by atoms with E-state index in [-0.39, 0.29) is 48.2 Å². The SMILES string of the molecule is CCOC(=O)CSCC1=C(C(=O)OCC)C(c2cccc([N+](=O)[O-])c2)C(C(=O)OCC)=C(C)N1. The number of hydrogen-bond donors (Lipinski definition) is 1. The van der Waals surface area contributed by atoms with Gasteiger partial charge in [0.05, 0.1) is 47.6 Å². The number of benzene rings is 1. The smallest absolute Gasteiger partial charge is 0.336 e. The molecule has 184 valence electrons. The Labute approximate surface area is 201 Å². The zero-order valence-electron chi connectivity index (χ0n) is 19.5. The van der Waals surface area contributed by atoms with Gasteiger partial charge < -0.3 is 19.5 Å². The predicted molar refractivity (Wildman–Crippen MR) is 126 cm³/mol. The highest BCUT2D eigenvalue weighted by Crippen LogP contribution is 2.40. The van der Waals surface area contributed by atoms with E-state index in [2.05, 4.69) is 5.32 Å². The van der Waals surface area contributed by atoms with Crippen LogP contribution >= 0.6 is 11.8 Å². The molecule has 1 atom stereocenters. The molecule has 1 heterocycles. The number of dihydropyridines is 1. The third-order valence-electron chi connectivity index (χ3n) is 4.82. The van der Waals surface area contributed by atoms with Gasteiger partial charge in [-0.15, -0.1) is 11.8 Å². The van der Waals surface area contributed by atoms with Crippen LogP contribution in [0.3, 0.4) is 0 Å². The van der Waals surface area contributed by atoms with Crippen molar-refractivity contribution in [3.63, 3.8) is 0 Å². The normalized spacial score (nSPS) is 15.5. The van der Waals surface area contributed by atoms with Crippen LogP contribution in [0.15, 0.2) is 46.8 Å². The number of allylic oxidation sites excluding steroid dienone is 1. The van der Waals surface area contributed by atoms with Crippen molar-refractivity contribution in [2.75, 3.05) is 31.3 Å². The maximum Gasteiger partial charge on any atom is 0.336 e. The van der Waals surface area contributed by atoms with Crippen molar-refractivity contribution < 1.29 is 33.5 Å². The summed E-state index contributed by atoms with van der Waals surface area (Å²) in [5.41, 5.74) is 1.36. The zero-order valence-corrected chi connectivity index (χ0v) is 20.4. The van der Waals surface area contributed by atoms with Crippen molar-refractivity contribution >= 4 is 35.4 Å². The molecule has 0 saturated heterocycles. The molecule has 0 saturated carbocycles. The van der Waals surface area contributed by atoms with Gasteiger partial charge in [-0.3, -0.25) is 14.9 Å². The van der Waals surface area contributed by atoms with Gasteiger partial charge in [0, 0.05) is 29.3 Å². The molecular weight excluding hydrogens is 464 g/mol. The van der Waals surface area contributed by atoms with Gasteiger partial charge in [-0.1, -0.05) is 12.1 Å². The van der Waals surface area contributed by atoms with Crippen molar-refractivity contribution in [3.8, 4) is 0 Å². The van der Waals surface area contributed by atoms with Crippen LogP contribution in [0.1, 0.15) is 39.2 Å². The fraction of sp³-hybridized carbons (Fsp3) is 0.435. The largest absolute Gasteiger partial charge is 0.465 e. The Kier molecular flexibility index (Phi) is 10.1. The minimum atomic E-state index is -0.961. The number of ether oxygens (including phenoxy) is 3. The van der Waals surface area contributed by atoms with Gasteiger partial charge in [-0.2, -0.15) is 0 Å². The molecular formula is C23H28N2O8S. The number of rotatable bonds is 11. The van der Waals surface area contributed by atoms with E-state index >= 15 is 0 Å². The number of thioether (sulfide) groups is 1. The Morgan fingerprint density at radius 1 is 1.03 bits per heavy atom. The minimum absolute atomic E-state index is 0.0596. The maximum absolute atomic E-state index is 13.1. The van der Waals surface area contributed by atoms with Gasteiger partial charge in [-0.05, 0) is 33.3 Å². The Morgan fingerprint density at radius 3 is 2.24 bits per heavy atom. The van der Waals surface area contributed by atoms with Gasteiger partial charge in [0.1, 0.15) is 0 Å². The first kappa shape index (κ1) is 26.9. The second kappa shape index (κ2) is 12.8. The molecule has 1 N–H and O–H groups in total. The van der Waals surface area contributed by atoms with E-state index in [1.807, 2.05) is 0 Å². The molecule has 1 aromatic rings. The lowest BCUT2D eigenvalue weighted by atomic mass is 9.80. The van der Waals surface area contributed by atoms with E-state index in [1.165, 1.54) is 30.0 Å². The van der Waals surface area contributed by atoms with Gasteiger partial charge >= 0.3 is 17.9 Å². The molecule has 11 heteroatoms. The van der Waals surface area contributed by atoms with Crippen LogP contribution in [0.5, 0.6) is 0 Å². The first-order chi connectivity index (χ1) is 16.2. The van der Waals surface area contributed by atoms with Gasteiger partial charge in [0.25, 0.3) is 5.69 Å². The van der Waals surface area contributed by atoms with E-state index in [4.69, 9.17) is 14.2 Å². The number of nitro groups is 1. The van der Waals surface area contributed by atoms with Gasteiger partial charge in [0.15, 0.2) is 0 Å². The summed E-state index contributed by atoms with van der Waals surface area (Å²) >= 11 is 1.22. The maximum atomic E-state index is 13.1. The van der Waals surface area contributed by atoms with Crippen molar-refractivity contribution in [1.82, 2.24) is 5.32 Å². The fourth-order valence-electron chi connectivity index (χ4n) is 3.53. The summed E-state index contributed by atoms with van der Waals surface area (Å²) in [6, 6.07) is 5.75. The summed E-state index contributed by atoms with van der Waals surface area (Å²) in [4.78, 5) is 48.7. The Hall–Kier alpha value is -3.34. The van der Waals surface area contributed by atoms with E-state index in [0.29, 0.717) is 17.0 Å². The third-order valence-corrected chi connectivity index (χ3v) is 5.75. The fourth-order valence-corrected chi connectivity index (χ4v) is 4.31. The number of carbonyl (C=O) groups excluding carboxylic acids is 3. The second-order valence-corrected chi connectivity index (χ2v) is 8.07. The van der Waals surface area contributed by atoms with Crippen LogP contribution in [0.25, 0.3) is 0 Å². The second-order valence-electron chi connectivity index (χ2n) is 7.08. The monoisotopic (exact) mass is 492 g/mol. The molecule has 1 aliphatic heterocycles. The molecule has 0 radical (unpaired) electrons. The number of nitro benzene ring substituents is 1. The van der Waals surface area contributed by atoms with E-state index in [1.54, 1.807) is 33.8 Å². The van der Waals surface area contributed by atoms with Crippen LogP contribution in [0.4, 0.5) is 5.69 Å². The summed E-state index contributed by atoms with van der Waals surface area (Å²) in [6.07, 6.45) is 0. The van der Waals surface area contributed by atoms with Crippen LogP contribution in [-0.4, -0.2) is 54.2 Å². The first-order valence-corrected chi connectivity index (χ1v) is 11.9. The molecule has 0 aromatic heterocycles. The molecule has 2 rings (SSSR count). The number of carbonyl (C=O) groups is 3. The van der Waals surface area contributed by atoms with Crippen LogP contribution < -0.4 is 5.32 Å². The topological polar surface area (TPSA) is 134 Å².